The van der Waals surface area contributed by atoms with Crippen molar-refractivity contribution in [3.05, 3.63) is 35.4 Å². The Bertz CT molecular complexity index is 526. The van der Waals surface area contributed by atoms with Crippen LogP contribution in [-0.2, 0) is 0 Å². The van der Waals surface area contributed by atoms with Gasteiger partial charge in [-0.1, -0.05) is 0 Å². The lowest BCUT2D eigenvalue weighted by Crippen LogP contribution is -1.62. The molecule has 2 aromatic heterocycles. The third kappa shape index (κ3) is 0.988. The molecule has 0 aliphatic heterocycles. The standard InChI is InChI=1S/C11H8OS/c1-7-4-9-5-8-2-3-13-11(8)6-10(9)12-7/h2-6H,1H3. The van der Waals surface area contributed by atoms with Gasteiger partial charge in [-0.05, 0) is 42.0 Å². The maximum atomic E-state index is 5.55. The van der Waals surface area contributed by atoms with E-state index < -0.39 is 0 Å². The Kier molecular flexibility index (Phi) is 1.30. The van der Waals surface area contributed by atoms with E-state index in [1.807, 2.05) is 6.92 Å². The fraction of sp³-hybridized carbons (Fsp3) is 0.0909. The zero-order valence-electron chi connectivity index (χ0n) is 7.20. The van der Waals surface area contributed by atoms with Gasteiger partial charge in [-0.3, -0.25) is 0 Å². The predicted molar refractivity (Wildman–Crippen MR) is 56.3 cm³/mol. The van der Waals surface area contributed by atoms with Crippen LogP contribution in [0.25, 0.3) is 21.1 Å². The molecule has 3 rings (SSSR count). The molecule has 1 nitrogen and oxygen atoms in total. The SMILES string of the molecule is Cc1cc2cc3ccsc3cc2o1. The monoisotopic (exact) mass is 188 g/mol. The van der Waals surface area contributed by atoms with Gasteiger partial charge in [0.15, 0.2) is 0 Å². The van der Waals surface area contributed by atoms with Crippen LogP contribution in [0.1, 0.15) is 5.76 Å². The van der Waals surface area contributed by atoms with Crippen molar-refractivity contribution in [2.75, 3.05) is 0 Å². The molecule has 0 radical (unpaired) electrons. The Hall–Kier alpha value is -1.28. The summed E-state index contributed by atoms with van der Waals surface area (Å²) in [6.45, 7) is 1.98. The van der Waals surface area contributed by atoms with Gasteiger partial charge in [-0.15, -0.1) is 11.3 Å². The van der Waals surface area contributed by atoms with Gasteiger partial charge in [0.1, 0.15) is 11.3 Å². The van der Waals surface area contributed by atoms with E-state index in [1.54, 1.807) is 11.3 Å². The molecule has 64 valence electrons. The molecule has 0 bridgehead atoms. The zero-order valence-corrected chi connectivity index (χ0v) is 8.02. The molecule has 0 atom stereocenters. The summed E-state index contributed by atoms with van der Waals surface area (Å²) in [6.07, 6.45) is 0. The second-order valence-electron chi connectivity index (χ2n) is 3.21. The smallest absolute Gasteiger partial charge is 0.135 e. The van der Waals surface area contributed by atoms with Crippen molar-refractivity contribution in [2.45, 2.75) is 6.92 Å². The molecule has 0 unspecified atom stereocenters. The quantitative estimate of drug-likeness (QED) is 0.520. The zero-order chi connectivity index (χ0) is 8.84. The Morgan fingerprint density at radius 1 is 1.15 bits per heavy atom. The van der Waals surface area contributed by atoms with Crippen molar-refractivity contribution >= 4 is 32.4 Å². The van der Waals surface area contributed by atoms with Gasteiger partial charge in [0.05, 0.1) is 0 Å². The van der Waals surface area contributed by atoms with Gasteiger partial charge < -0.3 is 4.42 Å². The van der Waals surface area contributed by atoms with Gasteiger partial charge in [0, 0.05) is 10.1 Å². The van der Waals surface area contributed by atoms with Crippen LogP contribution in [0.2, 0.25) is 0 Å². The van der Waals surface area contributed by atoms with Crippen LogP contribution in [0.5, 0.6) is 0 Å². The first-order chi connectivity index (χ1) is 6.33. The second-order valence-corrected chi connectivity index (χ2v) is 4.15. The summed E-state index contributed by atoms with van der Waals surface area (Å²) in [5.74, 6) is 0.979. The van der Waals surface area contributed by atoms with E-state index in [-0.39, 0.29) is 0 Å². The van der Waals surface area contributed by atoms with Crippen LogP contribution in [0.4, 0.5) is 0 Å². The van der Waals surface area contributed by atoms with E-state index in [0.29, 0.717) is 0 Å². The minimum Gasteiger partial charge on any atom is -0.461 e. The van der Waals surface area contributed by atoms with Gasteiger partial charge in [0.2, 0.25) is 0 Å². The summed E-state index contributed by atoms with van der Waals surface area (Å²) >= 11 is 1.75. The van der Waals surface area contributed by atoms with E-state index in [2.05, 4.69) is 29.6 Å². The fourth-order valence-electron chi connectivity index (χ4n) is 1.63. The third-order valence-electron chi connectivity index (χ3n) is 2.21. The highest BCUT2D eigenvalue weighted by atomic mass is 32.1. The van der Waals surface area contributed by atoms with Gasteiger partial charge >= 0.3 is 0 Å². The Morgan fingerprint density at radius 3 is 3.00 bits per heavy atom. The van der Waals surface area contributed by atoms with E-state index in [9.17, 15) is 0 Å². The van der Waals surface area contributed by atoms with Crippen LogP contribution in [0, 0.1) is 6.92 Å². The number of hydrogen-bond donors (Lipinski definition) is 0. The van der Waals surface area contributed by atoms with Crippen molar-refractivity contribution < 1.29 is 4.42 Å². The van der Waals surface area contributed by atoms with E-state index >= 15 is 0 Å². The van der Waals surface area contributed by atoms with E-state index in [0.717, 1.165) is 11.3 Å². The third-order valence-corrected chi connectivity index (χ3v) is 3.09. The minimum absolute atomic E-state index is 0.979. The Labute approximate surface area is 79.6 Å². The molecule has 1 aromatic carbocycles. The molecule has 0 saturated heterocycles. The first-order valence-electron chi connectivity index (χ1n) is 4.20. The first kappa shape index (κ1) is 7.15. The minimum atomic E-state index is 0.979. The lowest BCUT2D eigenvalue weighted by atomic mass is 10.2. The summed E-state index contributed by atoms with van der Waals surface area (Å²) in [6, 6.07) is 8.51. The maximum Gasteiger partial charge on any atom is 0.135 e. The molecular weight excluding hydrogens is 180 g/mol. The van der Waals surface area contributed by atoms with Crippen molar-refractivity contribution in [1.29, 1.82) is 0 Å². The Morgan fingerprint density at radius 2 is 2.08 bits per heavy atom. The summed E-state index contributed by atoms with van der Waals surface area (Å²) in [5, 5.41) is 4.61. The van der Waals surface area contributed by atoms with Gasteiger partial charge in [-0.25, -0.2) is 0 Å². The first-order valence-corrected chi connectivity index (χ1v) is 5.08. The van der Waals surface area contributed by atoms with Gasteiger partial charge in [0.25, 0.3) is 0 Å². The molecule has 0 spiro atoms. The normalized spacial score (nSPS) is 11.5. The van der Waals surface area contributed by atoms with Crippen molar-refractivity contribution in [2.24, 2.45) is 0 Å². The average Bonchev–Trinajstić information content (AvgIpc) is 2.63. The summed E-state index contributed by atoms with van der Waals surface area (Å²) in [5.41, 5.74) is 0.993. The molecule has 0 saturated carbocycles. The van der Waals surface area contributed by atoms with Crippen molar-refractivity contribution in [1.82, 2.24) is 0 Å². The number of furan rings is 1. The van der Waals surface area contributed by atoms with Crippen LogP contribution in [0.3, 0.4) is 0 Å². The average molecular weight is 188 g/mol. The molecule has 2 heteroatoms. The van der Waals surface area contributed by atoms with E-state index in [4.69, 9.17) is 4.42 Å². The summed E-state index contributed by atoms with van der Waals surface area (Å²) in [7, 11) is 0. The number of hydrogen-bond acceptors (Lipinski definition) is 2. The van der Waals surface area contributed by atoms with E-state index in [1.165, 1.54) is 15.5 Å². The Balaban J connectivity index is 2.54. The molecule has 0 N–H and O–H groups in total. The molecule has 0 amide bonds. The van der Waals surface area contributed by atoms with Gasteiger partial charge in [-0.2, -0.15) is 0 Å². The van der Waals surface area contributed by atoms with Crippen molar-refractivity contribution in [3.8, 4) is 0 Å². The fourth-order valence-corrected chi connectivity index (χ4v) is 2.43. The highest BCUT2D eigenvalue weighted by Gasteiger charge is 2.02. The van der Waals surface area contributed by atoms with Crippen LogP contribution >= 0.6 is 11.3 Å². The topological polar surface area (TPSA) is 13.1 Å². The molecule has 0 aliphatic rings. The van der Waals surface area contributed by atoms with Crippen molar-refractivity contribution in [3.63, 3.8) is 0 Å². The molecule has 0 fully saturated rings. The highest BCUT2D eigenvalue weighted by Crippen LogP contribution is 2.28. The summed E-state index contributed by atoms with van der Waals surface area (Å²) in [4.78, 5) is 0. The second kappa shape index (κ2) is 2.36. The number of thiophene rings is 1. The lowest BCUT2D eigenvalue weighted by molar-refractivity contribution is 0.579. The predicted octanol–water partition coefficient (Wildman–Crippen LogP) is 3.96. The maximum absolute atomic E-state index is 5.55. The molecule has 2 heterocycles. The molecule has 0 aliphatic carbocycles. The van der Waals surface area contributed by atoms with Crippen LogP contribution < -0.4 is 0 Å². The van der Waals surface area contributed by atoms with Crippen LogP contribution in [0.15, 0.2) is 34.1 Å². The highest BCUT2D eigenvalue weighted by molar-refractivity contribution is 7.17. The number of rotatable bonds is 0. The number of fused-ring (bicyclic) bond motifs is 2. The summed E-state index contributed by atoms with van der Waals surface area (Å²) < 4.78 is 6.85. The number of aryl methyl sites for hydroxylation is 1. The molecular formula is C11H8OS. The lowest BCUT2D eigenvalue weighted by Gasteiger charge is -1.88. The number of benzene rings is 1. The largest absolute Gasteiger partial charge is 0.461 e. The molecule has 3 aromatic rings. The molecule has 13 heavy (non-hydrogen) atoms. The van der Waals surface area contributed by atoms with Crippen LogP contribution in [-0.4, -0.2) is 0 Å².